The van der Waals surface area contributed by atoms with Gasteiger partial charge in [0.1, 0.15) is 5.75 Å². The molecule has 0 bridgehead atoms. The van der Waals surface area contributed by atoms with Crippen molar-refractivity contribution in [3.63, 3.8) is 0 Å². The number of aromatic nitrogens is 1. The zero-order chi connectivity index (χ0) is 19.8. The number of amides is 1. The molecule has 1 atom stereocenters. The van der Waals surface area contributed by atoms with Gasteiger partial charge >= 0.3 is 5.97 Å². The Morgan fingerprint density at radius 3 is 2.68 bits per heavy atom. The van der Waals surface area contributed by atoms with Crippen molar-refractivity contribution in [2.75, 3.05) is 26.8 Å². The van der Waals surface area contributed by atoms with E-state index in [1.54, 1.807) is 12.0 Å². The molecule has 28 heavy (non-hydrogen) atoms. The van der Waals surface area contributed by atoms with Crippen molar-refractivity contribution in [2.45, 2.75) is 44.8 Å². The molecule has 150 valence electrons. The van der Waals surface area contributed by atoms with Crippen LogP contribution in [0, 0.1) is 6.92 Å². The second kappa shape index (κ2) is 7.47. The van der Waals surface area contributed by atoms with E-state index in [0.29, 0.717) is 23.9 Å². The van der Waals surface area contributed by atoms with Gasteiger partial charge in [-0.05, 0) is 38.0 Å². The van der Waals surface area contributed by atoms with Crippen LogP contribution in [-0.4, -0.2) is 59.4 Å². The molecule has 1 saturated carbocycles. The predicted molar refractivity (Wildman–Crippen MR) is 104 cm³/mol. The molecule has 0 radical (unpaired) electrons. The molecule has 0 spiro atoms. The van der Waals surface area contributed by atoms with E-state index in [4.69, 9.17) is 9.47 Å². The van der Waals surface area contributed by atoms with Gasteiger partial charge < -0.3 is 24.0 Å². The zero-order valence-corrected chi connectivity index (χ0v) is 16.3. The molecule has 2 aliphatic rings. The van der Waals surface area contributed by atoms with Crippen LogP contribution in [0.15, 0.2) is 18.2 Å². The molecule has 1 aliphatic carbocycles. The smallest absolute Gasteiger partial charge is 0.334 e. The zero-order valence-electron chi connectivity index (χ0n) is 16.3. The summed E-state index contributed by atoms with van der Waals surface area (Å²) in [7, 11) is 1.61. The third-order valence-corrected chi connectivity index (χ3v) is 5.99. The van der Waals surface area contributed by atoms with Crippen molar-refractivity contribution in [1.29, 1.82) is 0 Å². The lowest BCUT2D eigenvalue weighted by molar-refractivity contribution is -0.154. The van der Waals surface area contributed by atoms with Gasteiger partial charge in [0.05, 0.1) is 25.8 Å². The third-order valence-electron chi connectivity index (χ3n) is 5.99. The van der Waals surface area contributed by atoms with Gasteiger partial charge in [-0.1, -0.05) is 12.8 Å². The third kappa shape index (κ3) is 3.13. The van der Waals surface area contributed by atoms with Gasteiger partial charge in [0.2, 0.25) is 0 Å². The number of carboxylic acids is 1. The van der Waals surface area contributed by atoms with Crippen molar-refractivity contribution >= 4 is 22.8 Å². The summed E-state index contributed by atoms with van der Waals surface area (Å²) in [5.41, 5.74) is 2.63. The number of carboxylic acid groups (broad SMARTS) is 1. The van der Waals surface area contributed by atoms with E-state index in [9.17, 15) is 14.7 Å². The first-order chi connectivity index (χ1) is 13.5. The summed E-state index contributed by atoms with van der Waals surface area (Å²) in [5.74, 6) is -0.471. The molecule has 1 saturated heterocycles. The number of fused-ring (bicyclic) bond motifs is 1. The molecule has 1 unspecified atom stereocenters. The molecule has 1 aliphatic heterocycles. The van der Waals surface area contributed by atoms with E-state index in [1.165, 1.54) is 12.8 Å². The van der Waals surface area contributed by atoms with E-state index < -0.39 is 12.1 Å². The second-order valence-electron chi connectivity index (χ2n) is 7.60. The average Bonchev–Trinajstić information content (AvgIpc) is 3.32. The lowest BCUT2D eigenvalue weighted by Crippen LogP contribution is -2.48. The molecular weight excluding hydrogens is 360 g/mol. The number of aliphatic carboxylic acids is 1. The van der Waals surface area contributed by atoms with Crippen LogP contribution in [0.25, 0.3) is 10.9 Å². The van der Waals surface area contributed by atoms with Crippen molar-refractivity contribution in [1.82, 2.24) is 9.47 Å². The van der Waals surface area contributed by atoms with Gasteiger partial charge in [0, 0.05) is 29.2 Å². The lowest BCUT2D eigenvalue weighted by atomic mass is 10.1. The van der Waals surface area contributed by atoms with Crippen LogP contribution in [0.3, 0.4) is 0 Å². The maximum atomic E-state index is 13.5. The van der Waals surface area contributed by atoms with Gasteiger partial charge in [-0.15, -0.1) is 0 Å². The molecule has 1 amide bonds. The Hall–Kier alpha value is -2.54. The molecule has 2 fully saturated rings. The van der Waals surface area contributed by atoms with E-state index in [-0.39, 0.29) is 19.1 Å². The summed E-state index contributed by atoms with van der Waals surface area (Å²) in [4.78, 5) is 26.4. The largest absolute Gasteiger partial charge is 0.497 e. The molecule has 1 aromatic carbocycles. The molecule has 2 aromatic rings. The number of carbonyl (C=O) groups is 2. The van der Waals surface area contributed by atoms with Crippen molar-refractivity contribution in [3.05, 3.63) is 29.5 Å². The summed E-state index contributed by atoms with van der Waals surface area (Å²) in [6.45, 7) is 2.68. The van der Waals surface area contributed by atoms with Crippen LogP contribution in [0.2, 0.25) is 0 Å². The second-order valence-corrected chi connectivity index (χ2v) is 7.60. The van der Waals surface area contributed by atoms with Crippen LogP contribution >= 0.6 is 0 Å². The number of morpholine rings is 1. The van der Waals surface area contributed by atoms with Gasteiger partial charge in [0.25, 0.3) is 5.91 Å². The fourth-order valence-corrected chi connectivity index (χ4v) is 4.59. The molecule has 7 heteroatoms. The van der Waals surface area contributed by atoms with Crippen LogP contribution < -0.4 is 4.74 Å². The highest BCUT2D eigenvalue weighted by molar-refractivity contribution is 6.09. The Balaban J connectivity index is 1.79. The first-order valence-electron chi connectivity index (χ1n) is 9.83. The topological polar surface area (TPSA) is 81.0 Å². The number of carbonyl (C=O) groups excluding carboxylic acids is 1. The van der Waals surface area contributed by atoms with E-state index >= 15 is 0 Å². The minimum atomic E-state index is -1.04. The highest BCUT2D eigenvalue weighted by atomic mass is 16.5. The number of hydrogen-bond acceptors (Lipinski definition) is 4. The number of ether oxygens (including phenoxy) is 2. The average molecular weight is 386 g/mol. The highest BCUT2D eigenvalue weighted by Gasteiger charge is 2.33. The maximum absolute atomic E-state index is 13.5. The quantitative estimate of drug-likeness (QED) is 0.874. The Kier molecular flexibility index (Phi) is 5.02. The van der Waals surface area contributed by atoms with Crippen LogP contribution in [-0.2, 0) is 9.53 Å². The summed E-state index contributed by atoms with van der Waals surface area (Å²) in [5, 5.41) is 10.1. The van der Waals surface area contributed by atoms with Gasteiger partial charge in [-0.2, -0.15) is 0 Å². The first-order valence-corrected chi connectivity index (χ1v) is 9.83. The Morgan fingerprint density at radius 2 is 2.00 bits per heavy atom. The number of hydrogen-bond donors (Lipinski definition) is 1. The van der Waals surface area contributed by atoms with Crippen molar-refractivity contribution in [2.24, 2.45) is 0 Å². The van der Waals surface area contributed by atoms with E-state index in [1.807, 2.05) is 25.1 Å². The standard InChI is InChI=1S/C21H26N2O5/c1-13-19(20(24)22-9-10-28-18(12-22)21(25)26)16-11-15(27-2)7-8-17(16)23(13)14-5-3-4-6-14/h7-8,11,14,18H,3-6,9-10,12H2,1-2H3,(H,25,26). The summed E-state index contributed by atoms with van der Waals surface area (Å²) in [6, 6.07) is 6.26. The van der Waals surface area contributed by atoms with Gasteiger partial charge in [0.15, 0.2) is 6.10 Å². The molecular formula is C21H26N2O5. The number of nitrogens with zero attached hydrogens (tertiary/aromatic N) is 2. The minimum absolute atomic E-state index is 0.0632. The summed E-state index contributed by atoms with van der Waals surface area (Å²) < 4.78 is 13.0. The lowest BCUT2D eigenvalue weighted by Gasteiger charge is -2.31. The number of rotatable bonds is 4. The maximum Gasteiger partial charge on any atom is 0.334 e. The van der Waals surface area contributed by atoms with Gasteiger partial charge in [-0.3, -0.25) is 4.79 Å². The Labute approximate surface area is 163 Å². The van der Waals surface area contributed by atoms with Crippen LogP contribution in [0.5, 0.6) is 5.75 Å². The fraction of sp³-hybridized carbons (Fsp3) is 0.524. The van der Waals surface area contributed by atoms with Crippen molar-refractivity contribution in [3.8, 4) is 5.75 Å². The predicted octanol–water partition coefficient (Wildman–Crippen LogP) is 3.00. The molecule has 7 nitrogen and oxygen atoms in total. The summed E-state index contributed by atoms with van der Waals surface area (Å²) >= 11 is 0. The first kappa shape index (κ1) is 18.8. The normalized spacial score (nSPS) is 20.6. The number of benzene rings is 1. The van der Waals surface area contributed by atoms with E-state index in [2.05, 4.69) is 4.57 Å². The van der Waals surface area contributed by atoms with Crippen molar-refractivity contribution < 1.29 is 24.2 Å². The highest BCUT2D eigenvalue weighted by Crippen LogP contribution is 2.38. The summed E-state index contributed by atoms with van der Waals surface area (Å²) in [6.07, 6.45) is 3.65. The van der Waals surface area contributed by atoms with Gasteiger partial charge in [-0.25, -0.2) is 4.79 Å². The Bertz CT molecular complexity index is 913. The molecule has 1 N–H and O–H groups in total. The minimum Gasteiger partial charge on any atom is -0.497 e. The molecule has 1 aromatic heterocycles. The number of methoxy groups -OCH3 is 1. The molecule has 4 rings (SSSR count). The van der Waals surface area contributed by atoms with Crippen LogP contribution in [0.1, 0.15) is 47.8 Å². The monoisotopic (exact) mass is 386 g/mol. The molecule has 2 heterocycles. The Morgan fingerprint density at radius 1 is 1.25 bits per heavy atom. The fourth-order valence-electron chi connectivity index (χ4n) is 4.59. The SMILES string of the molecule is COc1ccc2c(c1)c(C(=O)N1CCOC(C(=O)O)C1)c(C)n2C1CCCC1. The van der Waals surface area contributed by atoms with Crippen LogP contribution in [0.4, 0.5) is 0 Å². The van der Waals surface area contributed by atoms with E-state index in [0.717, 1.165) is 29.4 Å².